The van der Waals surface area contributed by atoms with Gasteiger partial charge in [0.15, 0.2) is 0 Å². The van der Waals surface area contributed by atoms with Gasteiger partial charge in [0.25, 0.3) is 0 Å². The van der Waals surface area contributed by atoms with Crippen molar-refractivity contribution in [1.29, 1.82) is 0 Å². The van der Waals surface area contributed by atoms with Crippen LogP contribution in [-0.2, 0) is 4.79 Å². The zero-order valence-electron chi connectivity index (χ0n) is 10.0. The number of carbonyl (C=O) groups excluding carboxylic acids is 1. The minimum Gasteiger partial charge on any atom is -0.399 e. The van der Waals surface area contributed by atoms with Gasteiger partial charge in [-0.2, -0.15) is 0 Å². The Morgan fingerprint density at radius 2 is 2.28 bits per heavy atom. The van der Waals surface area contributed by atoms with E-state index in [2.05, 4.69) is 26.1 Å². The van der Waals surface area contributed by atoms with E-state index in [1.807, 2.05) is 18.2 Å². The lowest BCUT2D eigenvalue weighted by Crippen LogP contribution is -2.45. The number of nitrogens with two attached hydrogens (primary N) is 1. The van der Waals surface area contributed by atoms with E-state index in [4.69, 9.17) is 5.73 Å². The van der Waals surface area contributed by atoms with Crippen LogP contribution in [0, 0.1) is 5.92 Å². The number of amides is 1. The summed E-state index contributed by atoms with van der Waals surface area (Å²) >= 11 is 3.57. The number of hydrogen-bond acceptors (Lipinski definition) is 3. The largest absolute Gasteiger partial charge is 0.399 e. The van der Waals surface area contributed by atoms with Gasteiger partial charge in [0, 0.05) is 23.2 Å². The van der Waals surface area contributed by atoms with E-state index in [1.54, 1.807) is 0 Å². The average molecular weight is 310 g/mol. The number of nitrogen functional groups attached to an aromatic ring is 1. The first-order valence-electron chi connectivity index (χ1n) is 6.26. The van der Waals surface area contributed by atoms with Crippen molar-refractivity contribution in [2.24, 2.45) is 5.92 Å². The number of nitrogens with zero attached hydrogens (tertiary/aromatic N) is 1. The second-order valence-corrected chi connectivity index (χ2v) is 5.82. The molecule has 3 rings (SSSR count). The Balaban J connectivity index is 1.93. The van der Waals surface area contributed by atoms with E-state index in [0.29, 0.717) is 0 Å². The van der Waals surface area contributed by atoms with Gasteiger partial charge in [0.2, 0.25) is 5.91 Å². The lowest BCUT2D eigenvalue weighted by Gasteiger charge is -2.38. The van der Waals surface area contributed by atoms with Crippen LogP contribution in [0.15, 0.2) is 22.7 Å². The second kappa shape index (κ2) is 4.46. The second-order valence-electron chi connectivity index (χ2n) is 4.97. The number of carbonyl (C=O) groups is 1. The molecule has 2 aliphatic heterocycles. The molecule has 18 heavy (non-hydrogen) atoms. The summed E-state index contributed by atoms with van der Waals surface area (Å²) in [6.07, 6.45) is 2.06. The summed E-state index contributed by atoms with van der Waals surface area (Å²) < 4.78 is 1.00. The highest BCUT2D eigenvalue weighted by atomic mass is 79.9. The fourth-order valence-corrected chi connectivity index (χ4v) is 3.63. The highest BCUT2D eigenvalue weighted by Gasteiger charge is 2.41. The third-order valence-corrected chi connectivity index (χ3v) is 4.52. The first kappa shape index (κ1) is 11.8. The molecular formula is C13H16BrN3O. The standard InChI is InChI=1S/C13H16BrN3O/c14-10-6-8(15)3-4-11(10)17-5-1-2-9-12(17)7-16-13(9)18/h3-4,6,9,12H,1-2,5,7,15H2,(H,16,18). The molecule has 2 heterocycles. The van der Waals surface area contributed by atoms with Crippen LogP contribution in [0.4, 0.5) is 11.4 Å². The molecule has 4 nitrogen and oxygen atoms in total. The van der Waals surface area contributed by atoms with Crippen molar-refractivity contribution < 1.29 is 4.79 Å². The van der Waals surface area contributed by atoms with E-state index in [0.717, 1.165) is 41.8 Å². The summed E-state index contributed by atoms with van der Waals surface area (Å²) in [6.45, 7) is 1.75. The topological polar surface area (TPSA) is 58.4 Å². The Hall–Kier alpha value is -1.23. The summed E-state index contributed by atoms with van der Waals surface area (Å²) in [5, 5.41) is 2.97. The summed E-state index contributed by atoms with van der Waals surface area (Å²) in [7, 11) is 0. The lowest BCUT2D eigenvalue weighted by atomic mass is 9.91. The normalized spacial score (nSPS) is 26.9. The first-order chi connectivity index (χ1) is 8.66. The monoisotopic (exact) mass is 309 g/mol. The Bertz CT molecular complexity index is 491. The Morgan fingerprint density at radius 1 is 1.44 bits per heavy atom. The molecule has 0 bridgehead atoms. The van der Waals surface area contributed by atoms with Gasteiger partial charge < -0.3 is 16.0 Å². The minimum atomic E-state index is 0.142. The molecule has 2 atom stereocenters. The van der Waals surface area contributed by atoms with Crippen LogP contribution in [0.5, 0.6) is 0 Å². The quantitative estimate of drug-likeness (QED) is 0.777. The van der Waals surface area contributed by atoms with Gasteiger partial charge in [-0.15, -0.1) is 0 Å². The molecule has 1 amide bonds. The third-order valence-electron chi connectivity index (χ3n) is 3.88. The van der Waals surface area contributed by atoms with Crippen LogP contribution in [0.3, 0.4) is 0 Å². The van der Waals surface area contributed by atoms with Crippen molar-refractivity contribution in [3.8, 4) is 0 Å². The molecule has 3 N–H and O–H groups in total. The average Bonchev–Trinajstić information content (AvgIpc) is 2.72. The fraction of sp³-hybridized carbons (Fsp3) is 0.462. The molecule has 2 unspecified atom stereocenters. The first-order valence-corrected chi connectivity index (χ1v) is 7.05. The van der Waals surface area contributed by atoms with Gasteiger partial charge in [-0.25, -0.2) is 0 Å². The van der Waals surface area contributed by atoms with Crippen LogP contribution >= 0.6 is 15.9 Å². The van der Waals surface area contributed by atoms with E-state index in [1.165, 1.54) is 0 Å². The van der Waals surface area contributed by atoms with Crippen molar-refractivity contribution >= 4 is 33.2 Å². The summed E-state index contributed by atoms with van der Waals surface area (Å²) in [5.74, 6) is 0.347. The van der Waals surface area contributed by atoms with Gasteiger partial charge in [-0.1, -0.05) is 0 Å². The minimum absolute atomic E-state index is 0.142. The van der Waals surface area contributed by atoms with Gasteiger partial charge in [-0.05, 0) is 47.0 Å². The molecule has 0 saturated carbocycles. The molecule has 0 spiro atoms. The Labute approximate surface area is 115 Å². The van der Waals surface area contributed by atoms with Gasteiger partial charge in [-0.3, -0.25) is 4.79 Å². The molecule has 2 saturated heterocycles. The maximum absolute atomic E-state index is 11.8. The molecule has 5 heteroatoms. The van der Waals surface area contributed by atoms with Crippen molar-refractivity contribution in [2.45, 2.75) is 18.9 Å². The fourth-order valence-electron chi connectivity index (χ4n) is 3.01. The van der Waals surface area contributed by atoms with Crippen molar-refractivity contribution in [3.63, 3.8) is 0 Å². The number of rotatable bonds is 1. The molecule has 2 aliphatic rings. The number of benzene rings is 1. The van der Waals surface area contributed by atoms with Crippen LogP contribution < -0.4 is 16.0 Å². The molecular weight excluding hydrogens is 294 g/mol. The van der Waals surface area contributed by atoms with Crippen LogP contribution in [0.1, 0.15) is 12.8 Å². The molecule has 0 aromatic heterocycles. The van der Waals surface area contributed by atoms with Crippen LogP contribution in [-0.4, -0.2) is 25.0 Å². The van der Waals surface area contributed by atoms with Crippen LogP contribution in [0.2, 0.25) is 0 Å². The predicted molar refractivity (Wildman–Crippen MR) is 75.4 cm³/mol. The maximum Gasteiger partial charge on any atom is 0.225 e. The molecule has 1 aromatic rings. The smallest absolute Gasteiger partial charge is 0.225 e. The van der Waals surface area contributed by atoms with E-state index < -0.39 is 0 Å². The predicted octanol–water partition coefficient (Wildman–Crippen LogP) is 1.75. The summed E-state index contributed by atoms with van der Waals surface area (Å²) in [5.41, 5.74) is 7.66. The number of hydrogen-bond donors (Lipinski definition) is 2. The molecule has 96 valence electrons. The van der Waals surface area contributed by atoms with Gasteiger partial charge in [0.05, 0.1) is 17.6 Å². The van der Waals surface area contributed by atoms with Gasteiger partial charge in [0.1, 0.15) is 0 Å². The van der Waals surface area contributed by atoms with E-state index in [9.17, 15) is 4.79 Å². The zero-order valence-corrected chi connectivity index (χ0v) is 11.6. The SMILES string of the molecule is Nc1ccc(N2CCCC3C(=O)NCC32)c(Br)c1. The van der Waals surface area contributed by atoms with Crippen molar-refractivity contribution in [3.05, 3.63) is 22.7 Å². The highest BCUT2D eigenvalue weighted by Crippen LogP contribution is 2.36. The van der Waals surface area contributed by atoms with E-state index in [-0.39, 0.29) is 17.9 Å². The van der Waals surface area contributed by atoms with Crippen molar-refractivity contribution in [2.75, 3.05) is 23.7 Å². The molecule has 0 radical (unpaired) electrons. The van der Waals surface area contributed by atoms with Crippen molar-refractivity contribution in [1.82, 2.24) is 5.32 Å². The Morgan fingerprint density at radius 3 is 3.06 bits per heavy atom. The molecule has 0 aliphatic carbocycles. The third kappa shape index (κ3) is 1.86. The Kier molecular flexibility index (Phi) is 2.93. The summed E-state index contributed by atoms with van der Waals surface area (Å²) in [6, 6.07) is 6.15. The summed E-state index contributed by atoms with van der Waals surface area (Å²) in [4.78, 5) is 14.1. The number of anilines is 2. The zero-order chi connectivity index (χ0) is 12.7. The maximum atomic E-state index is 11.8. The van der Waals surface area contributed by atoms with E-state index >= 15 is 0 Å². The number of piperidine rings is 1. The lowest BCUT2D eigenvalue weighted by molar-refractivity contribution is -0.122. The number of fused-ring (bicyclic) bond motifs is 1. The van der Waals surface area contributed by atoms with Gasteiger partial charge >= 0.3 is 0 Å². The highest BCUT2D eigenvalue weighted by molar-refractivity contribution is 9.10. The van der Waals surface area contributed by atoms with Crippen LogP contribution in [0.25, 0.3) is 0 Å². The number of nitrogens with one attached hydrogen (secondary N) is 1. The number of halogens is 1. The molecule has 1 aromatic carbocycles. The molecule has 2 fully saturated rings.